The highest BCUT2D eigenvalue weighted by Gasteiger charge is 2.11. The number of halogens is 1. The van der Waals surface area contributed by atoms with E-state index in [1.807, 2.05) is 13.8 Å². The molecule has 0 unspecified atom stereocenters. The molecule has 0 aliphatic carbocycles. The number of hydrogen-bond donors (Lipinski definition) is 3. The molecule has 19 heavy (non-hydrogen) atoms. The minimum absolute atomic E-state index is 0.0815. The lowest BCUT2D eigenvalue weighted by molar-refractivity contribution is -0.121. The summed E-state index contributed by atoms with van der Waals surface area (Å²) >= 11 is 3.27. The smallest absolute Gasteiger partial charge is 0.252 e. The molecule has 0 radical (unpaired) electrons. The Bertz CT molecular complexity index is 475. The number of nitrogen functional groups attached to an aromatic ring is 1. The summed E-state index contributed by atoms with van der Waals surface area (Å²) in [7, 11) is 0. The molecule has 0 spiro atoms. The average Bonchev–Trinajstić information content (AvgIpc) is 2.31. The van der Waals surface area contributed by atoms with Gasteiger partial charge in [0, 0.05) is 24.7 Å². The van der Waals surface area contributed by atoms with Crippen LogP contribution in [0.3, 0.4) is 0 Å². The van der Waals surface area contributed by atoms with Crippen molar-refractivity contribution in [2.24, 2.45) is 0 Å². The summed E-state index contributed by atoms with van der Waals surface area (Å²) in [5.41, 5.74) is 6.67. The van der Waals surface area contributed by atoms with Crippen LogP contribution < -0.4 is 16.4 Å². The first kappa shape index (κ1) is 15.5. The molecule has 0 aromatic heterocycles. The Balaban J connectivity index is 2.48. The van der Waals surface area contributed by atoms with Gasteiger partial charge < -0.3 is 16.4 Å². The molecule has 0 fully saturated rings. The largest absolute Gasteiger partial charge is 0.398 e. The third-order valence-electron chi connectivity index (χ3n) is 2.36. The molecule has 0 aliphatic rings. The van der Waals surface area contributed by atoms with E-state index in [0.717, 1.165) is 0 Å². The molecule has 0 saturated heterocycles. The molecule has 6 heteroatoms. The van der Waals surface area contributed by atoms with Crippen molar-refractivity contribution in [1.82, 2.24) is 10.6 Å². The molecule has 1 aromatic rings. The predicted octanol–water partition coefficient (Wildman–Crippen LogP) is 1.68. The van der Waals surface area contributed by atoms with Crippen molar-refractivity contribution in [2.75, 3.05) is 12.3 Å². The first-order chi connectivity index (χ1) is 8.91. The number of rotatable bonds is 5. The van der Waals surface area contributed by atoms with Crippen LogP contribution in [0.1, 0.15) is 30.6 Å². The first-order valence-electron chi connectivity index (χ1n) is 6.03. The quantitative estimate of drug-likeness (QED) is 0.719. The number of nitrogens with one attached hydrogen (secondary N) is 2. The Kier molecular flexibility index (Phi) is 5.82. The van der Waals surface area contributed by atoms with E-state index in [1.54, 1.807) is 18.2 Å². The van der Waals surface area contributed by atoms with Crippen LogP contribution in [-0.2, 0) is 4.79 Å². The minimum atomic E-state index is -0.253. The van der Waals surface area contributed by atoms with Crippen molar-refractivity contribution in [3.05, 3.63) is 28.2 Å². The van der Waals surface area contributed by atoms with Crippen LogP contribution in [0.2, 0.25) is 0 Å². The second kappa shape index (κ2) is 7.13. The van der Waals surface area contributed by atoms with E-state index in [4.69, 9.17) is 5.73 Å². The van der Waals surface area contributed by atoms with Gasteiger partial charge in [0.25, 0.3) is 5.91 Å². The third kappa shape index (κ3) is 4.90. The molecule has 2 amide bonds. The van der Waals surface area contributed by atoms with Crippen molar-refractivity contribution in [2.45, 2.75) is 26.3 Å². The molecule has 1 aromatic carbocycles. The van der Waals surface area contributed by atoms with Crippen molar-refractivity contribution < 1.29 is 9.59 Å². The van der Waals surface area contributed by atoms with E-state index >= 15 is 0 Å². The molecule has 0 heterocycles. The molecule has 5 nitrogen and oxygen atoms in total. The molecule has 4 N–H and O–H groups in total. The van der Waals surface area contributed by atoms with Gasteiger partial charge in [-0.15, -0.1) is 0 Å². The molecule has 0 bridgehead atoms. The van der Waals surface area contributed by atoms with Crippen molar-refractivity contribution in [3.63, 3.8) is 0 Å². The molecule has 0 saturated carbocycles. The fourth-order valence-electron chi connectivity index (χ4n) is 1.50. The Morgan fingerprint density at radius 2 is 2.05 bits per heavy atom. The molecule has 104 valence electrons. The highest BCUT2D eigenvalue weighted by atomic mass is 79.9. The SMILES string of the molecule is CC(C)NC(=O)CCNC(=O)c1cccc(N)c1Br. The van der Waals surface area contributed by atoms with Crippen molar-refractivity contribution in [1.29, 1.82) is 0 Å². The van der Waals surface area contributed by atoms with Gasteiger partial charge in [0.2, 0.25) is 5.91 Å². The van der Waals surface area contributed by atoms with Crippen molar-refractivity contribution in [3.8, 4) is 0 Å². The Hall–Kier alpha value is -1.56. The van der Waals surface area contributed by atoms with Crippen LogP contribution in [0.25, 0.3) is 0 Å². The molecular formula is C13H18BrN3O2. The maximum Gasteiger partial charge on any atom is 0.252 e. The summed E-state index contributed by atoms with van der Waals surface area (Å²) in [5, 5.41) is 5.44. The summed E-state index contributed by atoms with van der Waals surface area (Å²) in [6.07, 6.45) is 0.254. The molecular weight excluding hydrogens is 310 g/mol. The maximum absolute atomic E-state index is 11.9. The van der Waals surface area contributed by atoms with Gasteiger partial charge in [-0.05, 0) is 41.9 Å². The van der Waals surface area contributed by atoms with Crippen LogP contribution >= 0.6 is 15.9 Å². The second-order valence-electron chi connectivity index (χ2n) is 4.44. The van der Waals surface area contributed by atoms with Crippen LogP contribution in [0.4, 0.5) is 5.69 Å². The molecule has 1 rings (SSSR count). The summed E-state index contributed by atoms with van der Waals surface area (Å²) < 4.78 is 0.569. The zero-order valence-electron chi connectivity index (χ0n) is 11.0. The Morgan fingerprint density at radius 3 is 2.68 bits per heavy atom. The fraction of sp³-hybridized carbons (Fsp3) is 0.385. The van der Waals surface area contributed by atoms with E-state index in [1.165, 1.54) is 0 Å². The van der Waals surface area contributed by atoms with E-state index in [9.17, 15) is 9.59 Å². The Labute approximate surface area is 121 Å². The predicted molar refractivity (Wildman–Crippen MR) is 78.8 cm³/mol. The minimum Gasteiger partial charge on any atom is -0.398 e. The van der Waals surface area contributed by atoms with E-state index in [0.29, 0.717) is 22.3 Å². The maximum atomic E-state index is 11.9. The standard InChI is InChI=1S/C13H18BrN3O2/c1-8(2)17-11(18)6-7-16-13(19)9-4-3-5-10(15)12(9)14/h3-5,8H,6-7,15H2,1-2H3,(H,16,19)(H,17,18). The molecule has 0 atom stereocenters. The van der Waals surface area contributed by atoms with Gasteiger partial charge in [-0.2, -0.15) is 0 Å². The van der Waals surface area contributed by atoms with Crippen LogP contribution in [0.5, 0.6) is 0 Å². The van der Waals surface area contributed by atoms with Crippen LogP contribution in [0, 0.1) is 0 Å². The Morgan fingerprint density at radius 1 is 1.37 bits per heavy atom. The van der Waals surface area contributed by atoms with Crippen LogP contribution in [0.15, 0.2) is 22.7 Å². The second-order valence-corrected chi connectivity index (χ2v) is 5.23. The average molecular weight is 328 g/mol. The lowest BCUT2D eigenvalue weighted by Gasteiger charge is -2.10. The summed E-state index contributed by atoms with van der Waals surface area (Å²) in [5.74, 6) is -0.335. The monoisotopic (exact) mass is 327 g/mol. The van der Waals surface area contributed by atoms with Gasteiger partial charge in [0.1, 0.15) is 0 Å². The first-order valence-corrected chi connectivity index (χ1v) is 6.82. The number of benzene rings is 1. The highest BCUT2D eigenvalue weighted by Crippen LogP contribution is 2.23. The van der Waals surface area contributed by atoms with Gasteiger partial charge in [-0.1, -0.05) is 6.07 Å². The van der Waals surface area contributed by atoms with Gasteiger partial charge >= 0.3 is 0 Å². The van der Waals surface area contributed by atoms with Crippen LogP contribution in [-0.4, -0.2) is 24.4 Å². The number of carbonyl (C=O) groups is 2. The zero-order valence-corrected chi connectivity index (χ0v) is 12.6. The zero-order chi connectivity index (χ0) is 14.4. The number of hydrogen-bond acceptors (Lipinski definition) is 3. The third-order valence-corrected chi connectivity index (χ3v) is 3.25. The number of anilines is 1. The topological polar surface area (TPSA) is 84.2 Å². The number of nitrogens with two attached hydrogens (primary N) is 1. The lowest BCUT2D eigenvalue weighted by Crippen LogP contribution is -2.34. The number of amides is 2. The van der Waals surface area contributed by atoms with E-state index < -0.39 is 0 Å². The summed E-state index contributed by atoms with van der Waals surface area (Å²) in [4.78, 5) is 23.3. The fourth-order valence-corrected chi connectivity index (χ4v) is 1.95. The normalized spacial score (nSPS) is 10.3. The van der Waals surface area contributed by atoms with E-state index in [2.05, 4.69) is 26.6 Å². The van der Waals surface area contributed by atoms with Gasteiger partial charge in [0.15, 0.2) is 0 Å². The summed E-state index contributed by atoms with van der Waals surface area (Å²) in [6, 6.07) is 5.19. The molecule has 0 aliphatic heterocycles. The van der Waals surface area contributed by atoms with E-state index in [-0.39, 0.29) is 24.3 Å². The highest BCUT2D eigenvalue weighted by molar-refractivity contribution is 9.10. The van der Waals surface area contributed by atoms with Gasteiger partial charge in [-0.3, -0.25) is 9.59 Å². The van der Waals surface area contributed by atoms with Crippen molar-refractivity contribution >= 4 is 33.4 Å². The summed E-state index contributed by atoms with van der Waals surface area (Å²) in [6.45, 7) is 4.07. The number of carbonyl (C=O) groups excluding carboxylic acids is 2. The lowest BCUT2D eigenvalue weighted by atomic mass is 10.2. The van der Waals surface area contributed by atoms with Gasteiger partial charge in [-0.25, -0.2) is 0 Å². The van der Waals surface area contributed by atoms with Gasteiger partial charge in [0.05, 0.1) is 10.0 Å².